The van der Waals surface area contributed by atoms with E-state index in [9.17, 15) is 27.4 Å². The summed E-state index contributed by atoms with van der Waals surface area (Å²) >= 11 is 0. The zero-order chi connectivity index (χ0) is 20.8. The second-order valence-electron chi connectivity index (χ2n) is 8.85. The number of cyclic esters (lactones) is 2. The fourth-order valence-electron chi connectivity index (χ4n) is 5.80. The lowest BCUT2D eigenvalue weighted by Crippen LogP contribution is -2.49. The Morgan fingerprint density at radius 2 is 1.62 bits per heavy atom. The van der Waals surface area contributed by atoms with Crippen LogP contribution in [0.25, 0.3) is 0 Å². The Hall–Kier alpha value is -1.88. The van der Waals surface area contributed by atoms with E-state index in [1.807, 2.05) is 0 Å². The van der Waals surface area contributed by atoms with Crippen LogP contribution in [-0.4, -0.2) is 62.2 Å². The maximum atomic E-state index is 12.4. The Morgan fingerprint density at radius 3 is 2.10 bits per heavy atom. The maximum absolute atomic E-state index is 12.4. The standard InChI is InChI=1S/C18H24O10S/c19-15(25-7-13-8-26-17(21)28-13)14(29(22,23)24)16(20)27-9-18-4-10-1-11(5-18)3-12(2-10)6-18/h10-14H,1-9H2,(H,22,23,24). The zero-order valence-corrected chi connectivity index (χ0v) is 16.6. The van der Waals surface area contributed by atoms with Gasteiger partial charge in [-0.3, -0.25) is 4.55 Å². The Balaban J connectivity index is 1.36. The average molecular weight is 432 g/mol. The zero-order valence-electron chi connectivity index (χ0n) is 15.8. The third kappa shape index (κ3) is 4.35. The van der Waals surface area contributed by atoms with E-state index in [1.54, 1.807) is 0 Å². The van der Waals surface area contributed by atoms with Crippen LogP contribution in [0.4, 0.5) is 4.79 Å². The molecule has 0 radical (unpaired) electrons. The SMILES string of the molecule is O=C1OCC(COC(=O)C(C(=O)OCC23CC4CC(CC(C4)C2)C3)S(=O)(=O)O)O1. The molecule has 1 heterocycles. The van der Waals surface area contributed by atoms with Crippen molar-refractivity contribution in [2.45, 2.75) is 49.9 Å². The molecule has 29 heavy (non-hydrogen) atoms. The summed E-state index contributed by atoms with van der Waals surface area (Å²) in [6.07, 6.45) is 4.54. The smallest absolute Gasteiger partial charge is 0.464 e. The monoisotopic (exact) mass is 432 g/mol. The Kier molecular flexibility index (Phi) is 5.22. The quantitative estimate of drug-likeness (QED) is 0.269. The first kappa shape index (κ1) is 20.4. The van der Waals surface area contributed by atoms with Crippen molar-refractivity contribution in [2.24, 2.45) is 23.2 Å². The molecule has 1 saturated heterocycles. The van der Waals surface area contributed by atoms with E-state index in [-0.39, 0.29) is 18.6 Å². The molecule has 0 amide bonds. The largest absolute Gasteiger partial charge is 0.508 e. The van der Waals surface area contributed by atoms with E-state index in [0.717, 1.165) is 19.3 Å². The van der Waals surface area contributed by atoms with Crippen molar-refractivity contribution >= 4 is 28.2 Å². The first-order chi connectivity index (χ1) is 13.6. The van der Waals surface area contributed by atoms with Crippen molar-refractivity contribution in [1.82, 2.24) is 0 Å². The van der Waals surface area contributed by atoms with Gasteiger partial charge in [-0.1, -0.05) is 0 Å². The van der Waals surface area contributed by atoms with Crippen LogP contribution < -0.4 is 0 Å². The number of hydrogen-bond donors (Lipinski definition) is 1. The molecule has 0 aromatic carbocycles. The minimum absolute atomic E-state index is 0.0305. The normalized spacial score (nSPS) is 36.2. The lowest BCUT2D eigenvalue weighted by Gasteiger charge is -2.56. The lowest BCUT2D eigenvalue weighted by molar-refractivity contribution is -0.162. The van der Waals surface area contributed by atoms with E-state index in [0.29, 0.717) is 17.8 Å². The average Bonchev–Trinajstić information content (AvgIpc) is 3.01. The number of rotatable bonds is 7. The Morgan fingerprint density at radius 1 is 1.07 bits per heavy atom. The number of ether oxygens (including phenoxy) is 4. The van der Waals surface area contributed by atoms with Crippen LogP contribution in [0.5, 0.6) is 0 Å². The van der Waals surface area contributed by atoms with Gasteiger partial charge in [-0.05, 0) is 56.3 Å². The third-order valence-corrected chi connectivity index (χ3v) is 7.45. The van der Waals surface area contributed by atoms with Gasteiger partial charge in [0.15, 0.2) is 6.10 Å². The summed E-state index contributed by atoms with van der Waals surface area (Å²) in [4.78, 5) is 35.4. The summed E-state index contributed by atoms with van der Waals surface area (Å²) in [5, 5.41) is -2.49. The van der Waals surface area contributed by atoms with E-state index in [4.69, 9.17) is 9.47 Å². The van der Waals surface area contributed by atoms with E-state index < -0.39 is 46.2 Å². The summed E-state index contributed by atoms with van der Waals surface area (Å²) in [6, 6.07) is 0. The van der Waals surface area contributed by atoms with Crippen molar-refractivity contribution in [3.05, 3.63) is 0 Å². The first-order valence-electron chi connectivity index (χ1n) is 9.76. The molecule has 5 fully saturated rings. The summed E-state index contributed by atoms with van der Waals surface area (Å²) in [5.41, 5.74) is -0.173. The molecule has 4 saturated carbocycles. The summed E-state index contributed by atoms with van der Waals surface area (Å²) < 4.78 is 51.8. The summed E-state index contributed by atoms with van der Waals surface area (Å²) in [7, 11) is -5.09. The molecule has 1 aliphatic heterocycles. The van der Waals surface area contributed by atoms with Crippen molar-refractivity contribution < 1.29 is 46.3 Å². The summed E-state index contributed by atoms with van der Waals surface area (Å²) in [6.45, 7) is -0.638. The lowest BCUT2D eigenvalue weighted by atomic mass is 9.50. The second-order valence-corrected chi connectivity index (χ2v) is 10.4. The van der Waals surface area contributed by atoms with Gasteiger partial charge in [-0.2, -0.15) is 8.42 Å². The topological polar surface area (TPSA) is 142 Å². The minimum Gasteiger partial charge on any atom is -0.464 e. The van der Waals surface area contributed by atoms with E-state index in [2.05, 4.69) is 9.47 Å². The molecule has 0 aromatic heterocycles. The van der Waals surface area contributed by atoms with Gasteiger partial charge < -0.3 is 18.9 Å². The van der Waals surface area contributed by atoms with Crippen LogP contribution in [0, 0.1) is 23.2 Å². The van der Waals surface area contributed by atoms with Gasteiger partial charge in [0.1, 0.15) is 13.2 Å². The summed E-state index contributed by atoms with van der Waals surface area (Å²) in [5.74, 6) is -1.00. The highest BCUT2D eigenvalue weighted by Gasteiger charge is 2.52. The Labute approximate surface area is 167 Å². The van der Waals surface area contributed by atoms with Crippen LogP contribution in [0.15, 0.2) is 0 Å². The number of carbonyl (C=O) groups excluding carboxylic acids is 3. The molecule has 10 nitrogen and oxygen atoms in total. The van der Waals surface area contributed by atoms with Crippen molar-refractivity contribution in [3.63, 3.8) is 0 Å². The Bertz CT molecular complexity index is 768. The molecular weight excluding hydrogens is 408 g/mol. The van der Waals surface area contributed by atoms with Crippen molar-refractivity contribution in [1.29, 1.82) is 0 Å². The maximum Gasteiger partial charge on any atom is 0.508 e. The molecule has 162 valence electrons. The molecule has 4 bridgehead atoms. The second kappa shape index (κ2) is 7.42. The van der Waals surface area contributed by atoms with Crippen molar-refractivity contribution in [2.75, 3.05) is 19.8 Å². The highest BCUT2D eigenvalue weighted by atomic mass is 32.2. The molecule has 5 aliphatic rings. The number of carbonyl (C=O) groups is 3. The van der Waals surface area contributed by atoms with Gasteiger partial charge in [-0.25, -0.2) is 14.4 Å². The predicted molar refractivity (Wildman–Crippen MR) is 94.1 cm³/mol. The minimum atomic E-state index is -5.09. The first-order valence-corrected chi connectivity index (χ1v) is 11.3. The van der Waals surface area contributed by atoms with E-state index >= 15 is 0 Å². The van der Waals surface area contributed by atoms with Gasteiger partial charge in [0.05, 0.1) is 6.61 Å². The molecule has 4 aliphatic carbocycles. The van der Waals surface area contributed by atoms with Crippen LogP contribution in [0.1, 0.15) is 38.5 Å². The fraction of sp³-hybridized carbons (Fsp3) is 0.833. The molecule has 1 N–H and O–H groups in total. The molecule has 0 aromatic rings. The third-order valence-electron chi connectivity index (χ3n) is 6.47. The molecule has 0 spiro atoms. The van der Waals surface area contributed by atoms with Crippen LogP contribution in [-0.2, 0) is 38.7 Å². The van der Waals surface area contributed by atoms with Crippen LogP contribution in [0.2, 0.25) is 0 Å². The van der Waals surface area contributed by atoms with Gasteiger partial charge in [0.2, 0.25) is 0 Å². The van der Waals surface area contributed by atoms with Gasteiger partial charge in [0.25, 0.3) is 15.4 Å². The molecule has 11 heteroatoms. The van der Waals surface area contributed by atoms with Gasteiger partial charge in [-0.15, -0.1) is 0 Å². The highest BCUT2D eigenvalue weighted by molar-refractivity contribution is 7.88. The fourth-order valence-corrected chi connectivity index (χ4v) is 6.43. The van der Waals surface area contributed by atoms with Crippen LogP contribution in [0.3, 0.4) is 0 Å². The molecule has 5 rings (SSSR count). The van der Waals surface area contributed by atoms with Gasteiger partial charge >= 0.3 is 18.1 Å². The predicted octanol–water partition coefficient (Wildman–Crippen LogP) is 1.08. The molecular formula is C18H24O10S. The van der Waals surface area contributed by atoms with Crippen LogP contribution >= 0.6 is 0 Å². The van der Waals surface area contributed by atoms with E-state index in [1.165, 1.54) is 19.3 Å². The highest BCUT2D eigenvalue weighted by Crippen LogP contribution is 2.60. The number of hydrogen-bond acceptors (Lipinski definition) is 9. The molecule has 2 atom stereocenters. The van der Waals surface area contributed by atoms with Crippen molar-refractivity contribution in [3.8, 4) is 0 Å². The number of esters is 2. The van der Waals surface area contributed by atoms with Gasteiger partial charge in [0, 0.05) is 5.41 Å². The molecule has 2 unspecified atom stereocenters.